The van der Waals surface area contributed by atoms with Crippen LogP contribution in [0.2, 0.25) is 0 Å². The average molecular weight is 430 g/mol. The minimum absolute atomic E-state index is 0. The van der Waals surface area contributed by atoms with E-state index in [0.29, 0.717) is 5.92 Å². The van der Waals surface area contributed by atoms with Gasteiger partial charge in [0, 0.05) is 18.0 Å². The number of thiophene rings is 1. The van der Waals surface area contributed by atoms with Gasteiger partial charge in [0.05, 0.1) is 0 Å². The van der Waals surface area contributed by atoms with Gasteiger partial charge in [0.15, 0.2) is 0 Å². The molecule has 0 radical (unpaired) electrons. The number of hydrogen-bond donors (Lipinski definition) is 2. The molecule has 7 heteroatoms. The smallest absolute Gasteiger partial charge is 0.241 e. The Kier molecular flexibility index (Phi) is 10.3. The lowest BCUT2D eigenvalue weighted by Gasteiger charge is -2.31. The Morgan fingerprint density at radius 2 is 1.89 bits per heavy atom. The normalized spacial score (nSPS) is 16.1. The maximum atomic E-state index is 12.3. The molecule has 1 unspecified atom stereocenters. The van der Waals surface area contributed by atoms with Gasteiger partial charge >= 0.3 is 0 Å². The van der Waals surface area contributed by atoms with E-state index < -0.39 is 6.04 Å². The number of piperidine rings is 1. The van der Waals surface area contributed by atoms with Crippen LogP contribution in [0.25, 0.3) is 0 Å². The van der Waals surface area contributed by atoms with Gasteiger partial charge < -0.3 is 11.1 Å². The summed E-state index contributed by atoms with van der Waals surface area (Å²) in [6, 6.07) is 11.6. The van der Waals surface area contributed by atoms with Crippen LogP contribution in [0.15, 0.2) is 41.8 Å². The van der Waals surface area contributed by atoms with E-state index in [1.54, 1.807) is 0 Å². The fraction of sp³-hybridized carbons (Fsp3) is 0.450. The van der Waals surface area contributed by atoms with Crippen LogP contribution in [0.4, 0.5) is 0 Å². The first-order chi connectivity index (χ1) is 12.1. The van der Waals surface area contributed by atoms with Crippen molar-refractivity contribution < 1.29 is 4.79 Å². The van der Waals surface area contributed by atoms with Crippen LogP contribution in [-0.4, -0.2) is 30.4 Å². The zero-order valence-corrected chi connectivity index (χ0v) is 18.0. The number of benzene rings is 1. The standard InChI is InChI=1S/C20H27N3OS.2ClH/c1-15-4-6-17(7-5-15)19(21)20(24)22-13-16-8-10-23(11-9-16)14-18-3-2-12-25-18;;/h2-7,12,16,19H,8-11,13-14,21H2,1H3,(H,22,24);2*1H. The number of nitrogens with one attached hydrogen (secondary N) is 1. The lowest BCUT2D eigenvalue weighted by Crippen LogP contribution is -2.40. The van der Waals surface area contributed by atoms with Crippen molar-refractivity contribution in [2.75, 3.05) is 19.6 Å². The van der Waals surface area contributed by atoms with Crippen LogP contribution in [0.3, 0.4) is 0 Å². The molecule has 3 N–H and O–H groups in total. The molecule has 0 aliphatic carbocycles. The van der Waals surface area contributed by atoms with Crippen LogP contribution < -0.4 is 11.1 Å². The Hall–Kier alpha value is -1.11. The average Bonchev–Trinajstić information content (AvgIpc) is 3.14. The topological polar surface area (TPSA) is 58.4 Å². The number of carbonyl (C=O) groups is 1. The highest BCUT2D eigenvalue weighted by Crippen LogP contribution is 2.20. The number of carbonyl (C=O) groups excluding carboxylic acids is 1. The van der Waals surface area contributed by atoms with Crippen molar-refractivity contribution in [3.05, 3.63) is 57.8 Å². The molecule has 1 aliphatic heterocycles. The molecule has 0 bridgehead atoms. The summed E-state index contributed by atoms with van der Waals surface area (Å²) in [7, 11) is 0. The lowest BCUT2D eigenvalue weighted by molar-refractivity contribution is -0.122. The molecule has 1 aromatic carbocycles. The van der Waals surface area contributed by atoms with E-state index in [1.807, 2.05) is 42.5 Å². The number of aryl methyl sites for hydroxylation is 1. The fourth-order valence-corrected chi connectivity index (χ4v) is 4.00. The third-order valence-electron chi connectivity index (χ3n) is 4.95. The summed E-state index contributed by atoms with van der Waals surface area (Å²) in [6.07, 6.45) is 2.26. The van der Waals surface area contributed by atoms with E-state index in [4.69, 9.17) is 5.73 Å². The quantitative estimate of drug-likeness (QED) is 0.730. The molecule has 150 valence electrons. The minimum Gasteiger partial charge on any atom is -0.354 e. The molecular weight excluding hydrogens is 401 g/mol. The van der Waals surface area contributed by atoms with Gasteiger partial charge in [-0.15, -0.1) is 36.2 Å². The Morgan fingerprint density at radius 1 is 1.22 bits per heavy atom. The second-order valence-electron chi connectivity index (χ2n) is 6.93. The maximum absolute atomic E-state index is 12.3. The first kappa shape index (κ1) is 23.9. The van der Waals surface area contributed by atoms with Gasteiger partial charge in [-0.05, 0) is 55.8 Å². The van der Waals surface area contributed by atoms with Gasteiger partial charge in [-0.1, -0.05) is 35.9 Å². The SMILES string of the molecule is Cc1ccc(C(N)C(=O)NCC2CCN(Cc3cccs3)CC2)cc1.Cl.Cl. The largest absolute Gasteiger partial charge is 0.354 e. The monoisotopic (exact) mass is 429 g/mol. The van der Waals surface area contributed by atoms with E-state index in [9.17, 15) is 4.79 Å². The summed E-state index contributed by atoms with van der Waals surface area (Å²) < 4.78 is 0. The molecule has 0 spiro atoms. The molecule has 1 amide bonds. The van der Waals surface area contributed by atoms with Crippen molar-refractivity contribution in [2.24, 2.45) is 11.7 Å². The molecule has 2 heterocycles. The lowest BCUT2D eigenvalue weighted by atomic mass is 9.96. The van der Waals surface area contributed by atoms with E-state index in [1.165, 1.54) is 10.4 Å². The molecule has 1 atom stereocenters. The van der Waals surface area contributed by atoms with Crippen molar-refractivity contribution in [2.45, 2.75) is 32.4 Å². The molecule has 2 aromatic rings. The first-order valence-electron chi connectivity index (χ1n) is 8.96. The fourth-order valence-electron chi connectivity index (χ4n) is 3.25. The minimum atomic E-state index is -0.584. The first-order valence-corrected chi connectivity index (χ1v) is 9.84. The number of nitrogens with two attached hydrogens (primary N) is 1. The second-order valence-corrected chi connectivity index (χ2v) is 7.96. The van der Waals surface area contributed by atoms with Crippen molar-refractivity contribution in [1.29, 1.82) is 0 Å². The Balaban J connectivity index is 0.00000182. The number of halogens is 2. The molecule has 1 aliphatic rings. The van der Waals surface area contributed by atoms with E-state index in [0.717, 1.165) is 44.6 Å². The summed E-state index contributed by atoms with van der Waals surface area (Å²) in [6.45, 7) is 6.01. The van der Waals surface area contributed by atoms with Crippen molar-refractivity contribution >= 4 is 42.1 Å². The Bertz CT molecular complexity index is 671. The molecule has 1 saturated heterocycles. The molecule has 1 fully saturated rings. The number of hydrogen-bond acceptors (Lipinski definition) is 4. The van der Waals surface area contributed by atoms with Crippen molar-refractivity contribution in [3.8, 4) is 0 Å². The predicted molar refractivity (Wildman–Crippen MR) is 118 cm³/mol. The number of amides is 1. The molecule has 4 nitrogen and oxygen atoms in total. The van der Waals surface area contributed by atoms with Crippen LogP contribution >= 0.6 is 36.2 Å². The Labute approximate surface area is 178 Å². The van der Waals surface area contributed by atoms with Gasteiger partial charge in [0.1, 0.15) is 6.04 Å². The molecule has 27 heavy (non-hydrogen) atoms. The third kappa shape index (κ3) is 7.09. The number of rotatable bonds is 6. The highest BCUT2D eigenvalue weighted by molar-refractivity contribution is 7.09. The summed E-state index contributed by atoms with van der Waals surface area (Å²) in [5, 5.41) is 5.18. The molecular formula is C20H29Cl2N3OS. The number of nitrogens with zero attached hydrogens (tertiary/aromatic N) is 1. The highest BCUT2D eigenvalue weighted by Gasteiger charge is 2.21. The van der Waals surface area contributed by atoms with Crippen molar-refractivity contribution in [3.63, 3.8) is 0 Å². The summed E-state index contributed by atoms with van der Waals surface area (Å²) >= 11 is 1.82. The van der Waals surface area contributed by atoms with Gasteiger partial charge in [-0.2, -0.15) is 0 Å². The van der Waals surface area contributed by atoms with E-state index >= 15 is 0 Å². The molecule has 1 aromatic heterocycles. The van der Waals surface area contributed by atoms with E-state index in [2.05, 4.69) is 27.7 Å². The Morgan fingerprint density at radius 3 is 2.48 bits per heavy atom. The van der Waals surface area contributed by atoms with E-state index in [-0.39, 0.29) is 30.7 Å². The van der Waals surface area contributed by atoms with Crippen LogP contribution in [0.5, 0.6) is 0 Å². The zero-order chi connectivity index (χ0) is 17.6. The highest BCUT2D eigenvalue weighted by atomic mass is 35.5. The second kappa shape index (κ2) is 11.7. The summed E-state index contributed by atoms with van der Waals surface area (Å²) in [4.78, 5) is 16.2. The predicted octanol–water partition coefficient (Wildman–Crippen LogP) is 3.93. The summed E-state index contributed by atoms with van der Waals surface area (Å²) in [5.74, 6) is 0.471. The summed E-state index contributed by atoms with van der Waals surface area (Å²) in [5.41, 5.74) is 8.12. The van der Waals surface area contributed by atoms with Crippen molar-refractivity contribution in [1.82, 2.24) is 10.2 Å². The van der Waals surface area contributed by atoms with Gasteiger partial charge in [-0.25, -0.2) is 0 Å². The molecule has 3 rings (SSSR count). The maximum Gasteiger partial charge on any atom is 0.241 e. The van der Waals surface area contributed by atoms with Gasteiger partial charge in [-0.3, -0.25) is 9.69 Å². The van der Waals surface area contributed by atoms with Crippen LogP contribution in [-0.2, 0) is 11.3 Å². The van der Waals surface area contributed by atoms with Gasteiger partial charge in [0.25, 0.3) is 0 Å². The van der Waals surface area contributed by atoms with Gasteiger partial charge in [0.2, 0.25) is 5.91 Å². The number of likely N-dealkylation sites (tertiary alicyclic amines) is 1. The third-order valence-corrected chi connectivity index (χ3v) is 5.81. The van der Waals surface area contributed by atoms with Crippen LogP contribution in [0.1, 0.15) is 34.9 Å². The van der Waals surface area contributed by atoms with Crippen LogP contribution in [0, 0.1) is 12.8 Å². The molecule has 0 saturated carbocycles. The zero-order valence-electron chi connectivity index (χ0n) is 15.6.